The predicted molar refractivity (Wildman–Crippen MR) is 167 cm³/mol. The Bertz CT molecular complexity index is 1600. The van der Waals surface area contributed by atoms with Crippen LogP contribution in [0.1, 0.15) is 31.9 Å². The van der Waals surface area contributed by atoms with Gasteiger partial charge in [-0.15, -0.1) is 0 Å². The van der Waals surface area contributed by atoms with E-state index >= 15 is 0 Å². The normalized spacial score (nSPS) is 18.5. The second-order valence-corrected chi connectivity index (χ2v) is 12.5. The Morgan fingerprint density at radius 1 is 0.886 bits per heavy atom. The minimum Gasteiger partial charge on any atom is -0.463 e. The van der Waals surface area contributed by atoms with E-state index in [1.54, 1.807) is 42.2 Å². The van der Waals surface area contributed by atoms with Crippen molar-refractivity contribution in [2.45, 2.75) is 31.2 Å². The van der Waals surface area contributed by atoms with Gasteiger partial charge in [0.25, 0.3) is 0 Å². The topological polar surface area (TPSA) is 108 Å². The molecule has 11 heteroatoms. The molecule has 2 aliphatic rings. The first-order valence-corrected chi connectivity index (χ1v) is 16.3. The highest BCUT2D eigenvalue weighted by Gasteiger charge is 2.39. The van der Waals surface area contributed by atoms with Crippen molar-refractivity contribution in [2.75, 3.05) is 45.9 Å². The van der Waals surface area contributed by atoms with Crippen LogP contribution in [0.4, 0.5) is 4.79 Å². The Hall–Kier alpha value is -4.19. The fourth-order valence-electron chi connectivity index (χ4n) is 5.59. The predicted octanol–water partition coefficient (Wildman–Crippen LogP) is 4.78. The molecule has 2 aliphatic heterocycles. The summed E-state index contributed by atoms with van der Waals surface area (Å²) in [5.74, 6) is 0.724. The van der Waals surface area contributed by atoms with E-state index in [0.29, 0.717) is 67.5 Å². The average molecular weight is 619 g/mol. The number of hydrogen-bond acceptors (Lipinski definition) is 7. The lowest BCUT2D eigenvalue weighted by atomic mass is 9.94. The number of rotatable bonds is 10. The number of nitrogens with one attached hydrogen (secondary N) is 1. The number of urea groups is 1. The Balaban J connectivity index is 1.45. The molecule has 0 aliphatic carbocycles. The number of hydrogen-bond donors (Lipinski definition) is 1. The molecule has 10 nitrogen and oxygen atoms in total. The maximum absolute atomic E-state index is 13.6. The summed E-state index contributed by atoms with van der Waals surface area (Å²) in [6, 6.07) is 24.0. The number of nitrogens with zero attached hydrogens (tertiary/aromatic N) is 3. The van der Waals surface area contributed by atoms with Crippen molar-refractivity contribution < 1.29 is 27.5 Å². The van der Waals surface area contributed by atoms with Crippen LogP contribution >= 0.6 is 0 Å². The van der Waals surface area contributed by atoms with Crippen LogP contribution in [0, 0.1) is 0 Å². The van der Waals surface area contributed by atoms with Gasteiger partial charge in [-0.05, 0) is 68.8 Å². The first kappa shape index (κ1) is 31.2. The number of amides is 2. The Morgan fingerprint density at radius 3 is 2.30 bits per heavy atom. The van der Waals surface area contributed by atoms with E-state index in [-0.39, 0.29) is 24.1 Å². The van der Waals surface area contributed by atoms with Gasteiger partial charge in [0, 0.05) is 38.4 Å². The molecule has 0 aromatic heterocycles. The molecule has 232 valence electrons. The summed E-state index contributed by atoms with van der Waals surface area (Å²) >= 11 is 0. The number of likely N-dealkylation sites (N-methyl/N-ethyl adjacent to an activating group) is 1. The third-order valence-electron chi connectivity index (χ3n) is 7.72. The van der Waals surface area contributed by atoms with E-state index in [1.807, 2.05) is 61.5 Å². The average Bonchev–Trinajstić information content (AvgIpc) is 3.28. The molecule has 1 atom stereocenters. The quantitative estimate of drug-likeness (QED) is 0.326. The summed E-state index contributed by atoms with van der Waals surface area (Å²) < 4.78 is 39.7. The van der Waals surface area contributed by atoms with Crippen molar-refractivity contribution in [1.82, 2.24) is 19.4 Å². The largest absolute Gasteiger partial charge is 0.463 e. The summed E-state index contributed by atoms with van der Waals surface area (Å²) in [4.78, 5) is 31.0. The zero-order valence-electron chi connectivity index (χ0n) is 25.0. The van der Waals surface area contributed by atoms with Crippen molar-refractivity contribution in [2.24, 2.45) is 0 Å². The summed E-state index contributed by atoms with van der Waals surface area (Å²) in [7, 11) is -3.64. The number of carbonyl (C=O) groups excluding carboxylic acids is 2. The van der Waals surface area contributed by atoms with Gasteiger partial charge >= 0.3 is 12.0 Å². The zero-order chi connectivity index (χ0) is 31.1. The lowest BCUT2D eigenvalue weighted by molar-refractivity contribution is -0.139. The minimum absolute atomic E-state index is 0.176. The van der Waals surface area contributed by atoms with E-state index in [0.717, 1.165) is 0 Å². The van der Waals surface area contributed by atoms with Crippen LogP contribution in [0.3, 0.4) is 0 Å². The smallest absolute Gasteiger partial charge is 0.338 e. The van der Waals surface area contributed by atoms with E-state index in [1.165, 1.54) is 4.31 Å². The lowest BCUT2D eigenvalue weighted by Crippen LogP contribution is -2.51. The van der Waals surface area contributed by atoms with Gasteiger partial charge in [-0.1, -0.05) is 48.5 Å². The molecule has 5 rings (SSSR count). The summed E-state index contributed by atoms with van der Waals surface area (Å²) in [5, 5.41) is 3.01. The van der Waals surface area contributed by atoms with Crippen molar-refractivity contribution in [1.29, 1.82) is 0 Å². The van der Waals surface area contributed by atoms with Crippen molar-refractivity contribution in [3.05, 3.63) is 102 Å². The number of benzene rings is 3. The molecule has 0 radical (unpaired) electrons. The van der Waals surface area contributed by atoms with Gasteiger partial charge in [-0.2, -0.15) is 4.31 Å². The van der Waals surface area contributed by atoms with Gasteiger partial charge in [-0.25, -0.2) is 18.0 Å². The molecule has 2 heterocycles. The molecule has 0 saturated carbocycles. The van der Waals surface area contributed by atoms with Crippen LogP contribution in [-0.2, 0) is 19.6 Å². The van der Waals surface area contributed by atoms with Gasteiger partial charge in [0.05, 0.1) is 23.1 Å². The SMILES string of the molecule is CCOC(=O)C1=C(CN2CCCN(S(=O)(=O)c3ccccc3)CC2)N(CC)C(=O)NC1c1cccc(Oc2ccccc2)c1. The molecule has 1 N–H and O–H groups in total. The standard InChI is InChI=1S/C33H38N4O6S/c1-3-37-29(24-35-19-12-20-36(22-21-35)44(40,41)28-17-9-6-10-18-28)30(32(38)42-4-2)31(34-33(37)39)25-13-11-16-27(23-25)43-26-14-7-5-8-15-26/h5-11,13-18,23,31H,3-4,12,19-22,24H2,1-2H3,(H,34,39). The molecule has 2 amide bonds. The molecular formula is C33H38N4O6S. The van der Waals surface area contributed by atoms with Crippen molar-refractivity contribution in [3.63, 3.8) is 0 Å². The fourth-order valence-corrected chi connectivity index (χ4v) is 7.08. The third-order valence-corrected chi connectivity index (χ3v) is 9.63. The van der Waals surface area contributed by atoms with Gasteiger partial charge < -0.3 is 14.8 Å². The number of para-hydroxylation sites is 1. The number of esters is 1. The first-order chi connectivity index (χ1) is 21.3. The van der Waals surface area contributed by atoms with Crippen LogP contribution < -0.4 is 10.1 Å². The summed E-state index contributed by atoms with van der Waals surface area (Å²) in [6.45, 7) is 6.12. The Morgan fingerprint density at radius 2 is 1.59 bits per heavy atom. The van der Waals surface area contributed by atoms with E-state index in [2.05, 4.69) is 10.2 Å². The molecule has 3 aromatic rings. The monoisotopic (exact) mass is 618 g/mol. The number of ether oxygens (including phenoxy) is 2. The molecule has 1 saturated heterocycles. The second kappa shape index (κ2) is 14.1. The molecule has 0 spiro atoms. The van der Waals surface area contributed by atoms with Crippen LogP contribution in [0.25, 0.3) is 0 Å². The zero-order valence-corrected chi connectivity index (χ0v) is 25.8. The summed E-state index contributed by atoms with van der Waals surface area (Å²) in [6.07, 6.45) is 0.606. The molecule has 0 bridgehead atoms. The maximum atomic E-state index is 13.6. The fraction of sp³-hybridized carbons (Fsp3) is 0.333. The summed E-state index contributed by atoms with van der Waals surface area (Å²) in [5.41, 5.74) is 1.58. The van der Waals surface area contributed by atoms with Gasteiger partial charge in [0.1, 0.15) is 11.5 Å². The van der Waals surface area contributed by atoms with E-state index in [4.69, 9.17) is 9.47 Å². The maximum Gasteiger partial charge on any atom is 0.338 e. The second-order valence-electron chi connectivity index (χ2n) is 10.5. The van der Waals surface area contributed by atoms with Gasteiger partial charge in [-0.3, -0.25) is 9.80 Å². The van der Waals surface area contributed by atoms with E-state index in [9.17, 15) is 18.0 Å². The molecule has 1 unspecified atom stereocenters. The highest BCUT2D eigenvalue weighted by atomic mass is 32.2. The van der Waals surface area contributed by atoms with Crippen molar-refractivity contribution in [3.8, 4) is 11.5 Å². The van der Waals surface area contributed by atoms with Gasteiger partial charge in [0.15, 0.2) is 0 Å². The molecule has 3 aromatic carbocycles. The Kier molecular flexibility index (Phi) is 9.99. The van der Waals surface area contributed by atoms with E-state index < -0.39 is 22.0 Å². The van der Waals surface area contributed by atoms with Crippen LogP contribution in [0.2, 0.25) is 0 Å². The van der Waals surface area contributed by atoms with Crippen molar-refractivity contribution >= 4 is 22.0 Å². The lowest BCUT2D eigenvalue weighted by Gasteiger charge is -2.38. The first-order valence-electron chi connectivity index (χ1n) is 14.9. The number of sulfonamides is 1. The number of carbonyl (C=O) groups is 2. The van der Waals surface area contributed by atoms with Crippen LogP contribution in [0.15, 0.2) is 101 Å². The molecule has 1 fully saturated rings. The minimum atomic E-state index is -3.64. The van der Waals surface area contributed by atoms with Crippen LogP contribution in [0.5, 0.6) is 11.5 Å². The van der Waals surface area contributed by atoms with Gasteiger partial charge in [0.2, 0.25) is 10.0 Å². The van der Waals surface area contributed by atoms with Crippen LogP contribution in [-0.4, -0.2) is 80.4 Å². The Labute approximate surface area is 258 Å². The molecule has 44 heavy (non-hydrogen) atoms. The third kappa shape index (κ3) is 6.96. The molecular weight excluding hydrogens is 580 g/mol. The highest BCUT2D eigenvalue weighted by molar-refractivity contribution is 7.89. The highest BCUT2D eigenvalue weighted by Crippen LogP contribution is 2.34.